The van der Waals surface area contributed by atoms with Crippen molar-refractivity contribution in [1.82, 2.24) is 9.97 Å². The Hall–Kier alpha value is -2.92. The standard InChI is InChI=1S/C19H17ClN4O/c1-12-5-3-4-6-15(12)22-18(25)16-9-10-21-19(23-16)24-17-11-14(20)8-7-13(17)2/h3-11H,1-2H3,(H,22,25)(H,21,23,24). The summed E-state index contributed by atoms with van der Waals surface area (Å²) in [5.74, 6) is 0.0466. The molecule has 2 N–H and O–H groups in total. The van der Waals surface area contributed by atoms with Crippen molar-refractivity contribution in [3.8, 4) is 0 Å². The lowest BCUT2D eigenvalue weighted by Gasteiger charge is -2.10. The Morgan fingerprint density at radius 2 is 1.76 bits per heavy atom. The second-order valence-electron chi connectivity index (χ2n) is 5.62. The van der Waals surface area contributed by atoms with E-state index >= 15 is 0 Å². The molecule has 25 heavy (non-hydrogen) atoms. The Balaban J connectivity index is 1.80. The minimum absolute atomic E-state index is 0.278. The predicted molar refractivity (Wildman–Crippen MR) is 101 cm³/mol. The van der Waals surface area contributed by atoms with Gasteiger partial charge in [-0.1, -0.05) is 35.9 Å². The molecule has 1 aromatic heterocycles. The zero-order chi connectivity index (χ0) is 17.8. The van der Waals surface area contributed by atoms with Crippen LogP contribution in [0.15, 0.2) is 54.7 Å². The van der Waals surface area contributed by atoms with Crippen LogP contribution in [0.25, 0.3) is 0 Å². The molecule has 0 fully saturated rings. The molecule has 0 aliphatic heterocycles. The van der Waals surface area contributed by atoms with Gasteiger partial charge in [-0.2, -0.15) is 0 Å². The zero-order valence-corrected chi connectivity index (χ0v) is 14.6. The number of carbonyl (C=O) groups excluding carboxylic acids is 1. The summed E-state index contributed by atoms with van der Waals surface area (Å²) in [7, 11) is 0. The highest BCUT2D eigenvalue weighted by Gasteiger charge is 2.11. The first-order valence-electron chi connectivity index (χ1n) is 7.76. The van der Waals surface area contributed by atoms with Gasteiger partial charge in [0.05, 0.1) is 0 Å². The van der Waals surface area contributed by atoms with Gasteiger partial charge in [-0.3, -0.25) is 4.79 Å². The van der Waals surface area contributed by atoms with E-state index in [1.165, 1.54) is 0 Å². The molecule has 0 aliphatic carbocycles. The van der Waals surface area contributed by atoms with E-state index in [0.29, 0.717) is 11.0 Å². The van der Waals surface area contributed by atoms with Crippen LogP contribution >= 0.6 is 11.6 Å². The quantitative estimate of drug-likeness (QED) is 0.711. The molecule has 0 saturated carbocycles. The summed E-state index contributed by atoms with van der Waals surface area (Å²) in [5, 5.41) is 6.57. The van der Waals surface area contributed by atoms with Gasteiger partial charge in [0.2, 0.25) is 5.95 Å². The third-order valence-corrected chi connectivity index (χ3v) is 3.96. The van der Waals surface area contributed by atoms with Crippen LogP contribution in [-0.4, -0.2) is 15.9 Å². The number of nitrogens with one attached hydrogen (secondary N) is 2. The second kappa shape index (κ2) is 7.32. The third kappa shape index (κ3) is 4.14. The van der Waals surface area contributed by atoms with Crippen molar-refractivity contribution < 1.29 is 4.79 Å². The fourth-order valence-corrected chi connectivity index (χ4v) is 2.47. The molecular formula is C19H17ClN4O. The summed E-state index contributed by atoms with van der Waals surface area (Å²) in [4.78, 5) is 20.9. The number of amides is 1. The van der Waals surface area contributed by atoms with E-state index in [9.17, 15) is 4.79 Å². The molecule has 3 aromatic rings. The predicted octanol–water partition coefficient (Wildman–Crippen LogP) is 4.74. The van der Waals surface area contributed by atoms with Gasteiger partial charge in [-0.25, -0.2) is 9.97 Å². The van der Waals surface area contributed by atoms with Crippen LogP contribution in [-0.2, 0) is 0 Å². The lowest BCUT2D eigenvalue weighted by atomic mass is 10.2. The second-order valence-corrected chi connectivity index (χ2v) is 6.06. The highest BCUT2D eigenvalue weighted by atomic mass is 35.5. The molecule has 0 unspecified atom stereocenters. The molecule has 5 nitrogen and oxygen atoms in total. The molecule has 1 heterocycles. The van der Waals surface area contributed by atoms with E-state index in [2.05, 4.69) is 20.6 Å². The Bertz CT molecular complexity index is 927. The van der Waals surface area contributed by atoms with Crippen molar-refractivity contribution in [3.63, 3.8) is 0 Å². The number of aryl methyl sites for hydroxylation is 2. The van der Waals surface area contributed by atoms with Gasteiger partial charge in [0.15, 0.2) is 0 Å². The number of nitrogens with zero attached hydrogens (tertiary/aromatic N) is 2. The van der Waals surface area contributed by atoms with Crippen molar-refractivity contribution in [2.75, 3.05) is 10.6 Å². The molecule has 0 spiro atoms. The van der Waals surface area contributed by atoms with Crippen LogP contribution in [0.3, 0.4) is 0 Å². The first-order chi connectivity index (χ1) is 12.0. The number of anilines is 3. The van der Waals surface area contributed by atoms with Gasteiger partial charge in [0.25, 0.3) is 5.91 Å². The maximum absolute atomic E-state index is 12.4. The van der Waals surface area contributed by atoms with Crippen molar-refractivity contribution in [2.45, 2.75) is 13.8 Å². The first-order valence-corrected chi connectivity index (χ1v) is 8.14. The van der Waals surface area contributed by atoms with Crippen molar-refractivity contribution in [3.05, 3.63) is 76.6 Å². The summed E-state index contributed by atoms with van der Waals surface area (Å²) < 4.78 is 0. The first kappa shape index (κ1) is 16.9. The van der Waals surface area contributed by atoms with Crippen LogP contribution < -0.4 is 10.6 Å². The SMILES string of the molecule is Cc1ccccc1NC(=O)c1ccnc(Nc2cc(Cl)ccc2C)n1. The third-order valence-electron chi connectivity index (χ3n) is 3.73. The molecule has 0 aliphatic rings. The fraction of sp³-hybridized carbons (Fsp3) is 0.105. The lowest BCUT2D eigenvalue weighted by Crippen LogP contribution is -2.15. The van der Waals surface area contributed by atoms with E-state index in [1.54, 1.807) is 18.3 Å². The van der Waals surface area contributed by atoms with Gasteiger partial charge < -0.3 is 10.6 Å². The molecule has 3 rings (SSSR count). The monoisotopic (exact) mass is 352 g/mol. The van der Waals surface area contributed by atoms with Gasteiger partial charge in [0.1, 0.15) is 5.69 Å². The molecule has 0 bridgehead atoms. The number of halogens is 1. The summed E-state index contributed by atoms with van der Waals surface area (Å²) in [6.07, 6.45) is 1.54. The van der Waals surface area contributed by atoms with E-state index in [4.69, 9.17) is 11.6 Å². The highest BCUT2D eigenvalue weighted by Crippen LogP contribution is 2.22. The Morgan fingerprint density at radius 3 is 2.56 bits per heavy atom. The van der Waals surface area contributed by atoms with Gasteiger partial charge in [-0.05, 0) is 49.2 Å². The molecule has 2 aromatic carbocycles. The highest BCUT2D eigenvalue weighted by molar-refractivity contribution is 6.30. The van der Waals surface area contributed by atoms with Crippen molar-refractivity contribution in [1.29, 1.82) is 0 Å². The number of benzene rings is 2. The van der Waals surface area contributed by atoms with Crippen LogP contribution in [0.4, 0.5) is 17.3 Å². The van der Waals surface area contributed by atoms with Crippen LogP contribution in [0, 0.1) is 13.8 Å². The normalized spacial score (nSPS) is 10.4. The number of carbonyl (C=O) groups is 1. The lowest BCUT2D eigenvalue weighted by molar-refractivity contribution is 0.102. The van der Waals surface area contributed by atoms with E-state index in [-0.39, 0.29) is 11.6 Å². The molecule has 0 atom stereocenters. The summed E-state index contributed by atoms with van der Waals surface area (Å²) in [6, 6.07) is 14.7. The largest absolute Gasteiger partial charge is 0.324 e. The number of hydrogen-bond donors (Lipinski definition) is 2. The smallest absolute Gasteiger partial charge is 0.274 e. The molecule has 126 valence electrons. The Labute approximate surface area is 151 Å². The zero-order valence-electron chi connectivity index (χ0n) is 13.9. The Kier molecular flexibility index (Phi) is 4.95. The summed E-state index contributed by atoms with van der Waals surface area (Å²) >= 11 is 6.02. The van der Waals surface area contributed by atoms with Crippen LogP contribution in [0.2, 0.25) is 5.02 Å². The molecular weight excluding hydrogens is 336 g/mol. The minimum atomic E-state index is -0.289. The maximum Gasteiger partial charge on any atom is 0.274 e. The maximum atomic E-state index is 12.4. The van der Waals surface area contributed by atoms with Gasteiger partial charge in [0, 0.05) is 22.6 Å². The number of aromatic nitrogens is 2. The van der Waals surface area contributed by atoms with E-state index < -0.39 is 0 Å². The van der Waals surface area contributed by atoms with E-state index in [1.807, 2.05) is 50.2 Å². The summed E-state index contributed by atoms with van der Waals surface area (Å²) in [6.45, 7) is 3.89. The van der Waals surface area contributed by atoms with E-state index in [0.717, 1.165) is 22.5 Å². The average Bonchev–Trinajstić information content (AvgIpc) is 2.60. The molecule has 1 amide bonds. The Morgan fingerprint density at radius 1 is 1.00 bits per heavy atom. The van der Waals surface area contributed by atoms with Crippen molar-refractivity contribution in [2.24, 2.45) is 0 Å². The van der Waals surface area contributed by atoms with Crippen molar-refractivity contribution >= 4 is 34.8 Å². The number of hydrogen-bond acceptors (Lipinski definition) is 4. The van der Waals surface area contributed by atoms with Crippen LogP contribution in [0.1, 0.15) is 21.6 Å². The van der Waals surface area contributed by atoms with Gasteiger partial charge in [-0.15, -0.1) is 0 Å². The summed E-state index contributed by atoms with van der Waals surface area (Å²) in [5.41, 5.74) is 3.82. The molecule has 6 heteroatoms. The topological polar surface area (TPSA) is 66.9 Å². The van der Waals surface area contributed by atoms with Gasteiger partial charge >= 0.3 is 0 Å². The van der Waals surface area contributed by atoms with Crippen LogP contribution in [0.5, 0.6) is 0 Å². The number of para-hydroxylation sites is 1. The minimum Gasteiger partial charge on any atom is -0.324 e. The molecule has 0 saturated heterocycles. The molecule has 0 radical (unpaired) electrons. The fourth-order valence-electron chi connectivity index (χ4n) is 2.29. The average molecular weight is 353 g/mol. The number of rotatable bonds is 4.